The molecule has 0 aliphatic carbocycles. The molecule has 2 N–H and O–H groups in total. The molecule has 1 aliphatic rings. The van der Waals surface area contributed by atoms with E-state index >= 15 is 0 Å². The van der Waals surface area contributed by atoms with Crippen molar-refractivity contribution in [2.45, 2.75) is 31.8 Å². The van der Waals surface area contributed by atoms with Crippen LogP contribution in [0.5, 0.6) is 0 Å². The van der Waals surface area contributed by atoms with Gasteiger partial charge in [-0.3, -0.25) is 4.79 Å². The van der Waals surface area contributed by atoms with E-state index in [4.69, 9.17) is 5.73 Å². The van der Waals surface area contributed by atoms with Crippen LogP contribution in [-0.4, -0.2) is 37.0 Å². The normalized spacial score (nSPS) is 19.7. The predicted molar refractivity (Wildman–Crippen MR) is 107 cm³/mol. The molecule has 0 radical (unpaired) electrons. The summed E-state index contributed by atoms with van der Waals surface area (Å²) in [5.74, 6) is -0.115. The third-order valence-electron chi connectivity index (χ3n) is 5.53. The average molecular weight is 351 g/mol. The molecule has 1 amide bonds. The van der Waals surface area contributed by atoms with E-state index in [0.717, 1.165) is 31.5 Å². The van der Waals surface area contributed by atoms with Crippen LogP contribution in [0.2, 0.25) is 0 Å². The van der Waals surface area contributed by atoms with Crippen molar-refractivity contribution in [3.8, 4) is 0 Å². The first kappa shape index (κ1) is 18.5. The molecule has 26 heavy (non-hydrogen) atoms. The van der Waals surface area contributed by atoms with Gasteiger partial charge in [0.05, 0.1) is 5.92 Å². The Morgan fingerprint density at radius 2 is 1.73 bits per heavy atom. The van der Waals surface area contributed by atoms with E-state index in [1.807, 2.05) is 55.3 Å². The lowest BCUT2D eigenvalue weighted by atomic mass is 9.93. The first-order chi connectivity index (χ1) is 12.6. The lowest BCUT2D eigenvalue weighted by molar-refractivity contribution is -0.136. The van der Waals surface area contributed by atoms with E-state index in [-0.39, 0.29) is 23.9 Å². The fourth-order valence-electron chi connectivity index (χ4n) is 3.76. The number of anilines is 1. The minimum atomic E-state index is -0.278. The molecule has 138 valence electrons. The average Bonchev–Trinajstić information content (AvgIpc) is 2.73. The number of carbonyl (C=O) groups is 1. The summed E-state index contributed by atoms with van der Waals surface area (Å²) in [4.78, 5) is 17.3. The van der Waals surface area contributed by atoms with E-state index in [1.165, 1.54) is 5.69 Å². The van der Waals surface area contributed by atoms with Gasteiger partial charge < -0.3 is 15.5 Å². The molecule has 4 nitrogen and oxygen atoms in total. The van der Waals surface area contributed by atoms with Gasteiger partial charge in [0, 0.05) is 37.9 Å². The highest BCUT2D eigenvalue weighted by atomic mass is 16.2. The van der Waals surface area contributed by atoms with Crippen LogP contribution >= 0.6 is 0 Å². The third kappa shape index (κ3) is 4.07. The number of likely N-dealkylation sites (N-methyl/N-ethyl adjacent to an activating group) is 1. The zero-order chi connectivity index (χ0) is 18.5. The number of nitrogens with two attached hydrogens (primary N) is 1. The summed E-state index contributed by atoms with van der Waals surface area (Å²) >= 11 is 0. The first-order valence-electron chi connectivity index (χ1n) is 9.45. The zero-order valence-corrected chi connectivity index (χ0v) is 15.7. The van der Waals surface area contributed by atoms with E-state index in [0.29, 0.717) is 0 Å². The fourth-order valence-corrected chi connectivity index (χ4v) is 3.76. The lowest BCUT2D eigenvalue weighted by Crippen LogP contribution is -2.50. The van der Waals surface area contributed by atoms with Crippen molar-refractivity contribution in [3.63, 3.8) is 0 Å². The van der Waals surface area contributed by atoms with Crippen LogP contribution in [0.25, 0.3) is 0 Å². The minimum absolute atomic E-state index is 0.126. The summed E-state index contributed by atoms with van der Waals surface area (Å²) in [5.41, 5.74) is 8.61. The van der Waals surface area contributed by atoms with Crippen molar-refractivity contribution in [3.05, 3.63) is 66.2 Å². The maximum absolute atomic E-state index is 13.0. The summed E-state index contributed by atoms with van der Waals surface area (Å²) in [6.07, 6.45) is 2.13. The molecular weight excluding hydrogens is 322 g/mol. The summed E-state index contributed by atoms with van der Waals surface area (Å²) in [7, 11) is 1.93. The molecule has 1 fully saturated rings. The Kier molecular flexibility index (Phi) is 5.94. The molecule has 3 rings (SSSR count). The maximum Gasteiger partial charge on any atom is 0.227 e. The topological polar surface area (TPSA) is 49.6 Å². The van der Waals surface area contributed by atoms with Gasteiger partial charge in [-0.15, -0.1) is 0 Å². The molecule has 0 spiro atoms. The van der Waals surface area contributed by atoms with Crippen LogP contribution in [0.3, 0.4) is 0 Å². The highest BCUT2D eigenvalue weighted by molar-refractivity contribution is 5.79. The van der Waals surface area contributed by atoms with Gasteiger partial charge in [-0.1, -0.05) is 55.5 Å². The summed E-state index contributed by atoms with van der Waals surface area (Å²) in [5, 5.41) is 0. The van der Waals surface area contributed by atoms with Gasteiger partial charge in [-0.2, -0.15) is 0 Å². The molecule has 0 bridgehead atoms. The van der Waals surface area contributed by atoms with Crippen LogP contribution < -0.4 is 10.6 Å². The number of hydrogen-bond acceptors (Lipinski definition) is 3. The van der Waals surface area contributed by atoms with Gasteiger partial charge in [-0.25, -0.2) is 0 Å². The van der Waals surface area contributed by atoms with E-state index in [9.17, 15) is 4.79 Å². The number of amides is 1. The number of carbonyl (C=O) groups excluding carboxylic acids is 1. The highest BCUT2D eigenvalue weighted by Gasteiger charge is 2.31. The zero-order valence-electron chi connectivity index (χ0n) is 15.7. The Hall–Kier alpha value is -2.33. The molecule has 2 aromatic rings. The second-order valence-corrected chi connectivity index (χ2v) is 7.25. The Morgan fingerprint density at radius 3 is 2.38 bits per heavy atom. The van der Waals surface area contributed by atoms with Gasteiger partial charge in [-0.05, 0) is 30.5 Å². The van der Waals surface area contributed by atoms with Crippen molar-refractivity contribution < 1.29 is 4.79 Å². The van der Waals surface area contributed by atoms with Crippen molar-refractivity contribution in [2.75, 3.05) is 25.0 Å². The smallest absolute Gasteiger partial charge is 0.227 e. The second kappa shape index (κ2) is 8.37. The number of nitrogens with zero attached hydrogens (tertiary/aromatic N) is 2. The van der Waals surface area contributed by atoms with E-state index in [2.05, 4.69) is 29.2 Å². The number of benzene rings is 2. The first-order valence-corrected chi connectivity index (χ1v) is 9.45. The van der Waals surface area contributed by atoms with Crippen LogP contribution in [0.1, 0.15) is 31.4 Å². The number of hydrogen-bond donors (Lipinski definition) is 1. The molecule has 0 saturated carbocycles. The Bertz CT molecular complexity index is 704. The van der Waals surface area contributed by atoms with Crippen LogP contribution in [0.4, 0.5) is 5.69 Å². The van der Waals surface area contributed by atoms with Crippen molar-refractivity contribution in [2.24, 2.45) is 11.7 Å². The summed E-state index contributed by atoms with van der Waals surface area (Å²) in [6, 6.07) is 20.3. The number of rotatable bonds is 5. The maximum atomic E-state index is 13.0. The molecule has 2 aromatic carbocycles. The van der Waals surface area contributed by atoms with Gasteiger partial charge in [0.1, 0.15) is 0 Å². The molecule has 3 unspecified atom stereocenters. The fraction of sp³-hybridized carbons (Fsp3) is 0.409. The molecule has 1 saturated heterocycles. The minimum Gasteiger partial charge on any atom is -0.369 e. The quantitative estimate of drug-likeness (QED) is 0.898. The van der Waals surface area contributed by atoms with Crippen molar-refractivity contribution >= 4 is 11.6 Å². The van der Waals surface area contributed by atoms with Gasteiger partial charge in [0.2, 0.25) is 5.91 Å². The Morgan fingerprint density at radius 1 is 1.12 bits per heavy atom. The molecule has 1 heterocycles. The summed E-state index contributed by atoms with van der Waals surface area (Å²) < 4.78 is 0. The van der Waals surface area contributed by atoms with E-state index < -0.39 is 0 Å². The summed E-state index contributed by atoms with van der Waals surface area (Å²) in [6.45, 7) is 3.86. The van der Waals surface area contributed by atoms with Gasteiger partial charge >= 0.3 is 0 Å². The van der Waals surface area contributed by atoms with Crippen LogP contribution in [0, 0.1) is 5.92 Å². The number of piperidine rings is 1. The second-order valence-electron chi connectivity index (χ2n) is 7.25. The predicted octanol–water partition coefficient (Wildman–Crippen LogP) is 3.45. The molecular formula is C22H29N3O. The lowest BCUT2D eigenvalue weighted by Gasteiger charge is -2.40. The van der Waals surface area contributed by atoms with E-state index in [1.54, 1.807) is 0 Å². The Labute approximate surface area is 156 Å². The Balaban J connectivity index is 1.66. The highest BCUT2D eigenvalue weighted by Crippen LogP contribution is 2.25. The largest absolute Gasteiger partial charge is 0.369 e. The van der Waals surface area contributed by atoms with Gasteiger partial charge in [0.15, 0.2) is 0 Å². The van der Waals surface area contributed by atoms with Crippen LogP contribution in [-0.2, 0) is 4.79 Å². The molecule has 0 aromatic heterocycles. The van der Waals surface area contributed by atoms with Crippen molar-refractivity contribution in [1.29, 1.82) is 0 Å². The van der Waals surface area contributed by atoms with Crippen LogP contribution in [0.15, 0.2) is 60.7 Å². The third-order valence-corrected chi connectivity index (χ3v) is 5.53. The monoisotopic (exact) mass is 351 g/mol. The molecule has 3 atom stereocenters. The van der Waals surface area contributed by atoms with Gasteiger partial charge in [0.25, 0.3) is 0 Å². The standard InChI is InChI=1S/C22H29N3O/c1-17(21(23)18-10-5-3-6-11-18)22(26)24(2)20-14-9-15-25(16-20)19-12-7-4-8-13-19/h3-8,10-13,17,20-21H,9,14-16,23H2,1-2H3. The SMILES string of the molecule is CC(C(=O)N(C)C1CCCN(c2ccccc2)C1)C(N)c1ccccc1. The molecule has 1 aliphatic heterocycles. The number of para-hydroxylation sites is 1. The van der Waals surface area contributed by atoms with Crippen molar-refractivity contribution in [1.82, 2.24) is 4.90 Å². The molecule has 4 heteroatoms.